The van der Waals surface area contributed by atoms with Crippen LogP contribution in [0.25, 0.3) is 0 Å². The average molecular weight is 482 g/mol. The third kappa shape index (κ3) is 6.27. The Bertz CT molecular complexity index is 1130. The number of carbonyl (C=O) groups excluding carboxylic acids is 2. The lowest BCUT2D eigenvalue weighted by Crippen LogP contribution is -2.14. The van der Waals surface area contributed by atoms with Gasteiger partial charge in [0, 0.05) is 10.3 Å². The number of halogens is 1. The molecule has 3 atom stereocenters. The van der Waals surface area contributed by atoms with Crippen molar-refractivity contribution >= 4 is 22.8 Å². The minimum absolute atomic E-state index is 0.0672. The van der Waals surface area contributed by atoms with Crippen molar-refractivity contribution in [3.05, 3.63) is 72.1 Å². The number of carbonyl (C=O) groups is 2. The predicted octanol–water partition coefficient (Wildman–Crippen LogP) is 6.61. The molecule has 0 spiro atoms. The standard InChI is InChI=1S/C27H28FNO4S/c1-26(2,3)34-23(30)14-12-19-24(27(19,4)5)25(31)33-22(16-29)17-11-13-20(28)21(15-17)32-18-9-7-6-8-10-18/h6-15,19,22,24H,1-5H3/t19-,22?,24-/m0/s1. The molecule has 1 aliphatic rings. The third-order valence-corrected chi connectivity index (χ3v) is 6.54. The molecule has 1 aliphatic carbocycles. The van der Waals surface area contributed by atoms with Gasteiger partial charge in [-0.25, -0.2) is 4.39 Å². The van der Waals surface area contributed by atoms with E-state index in [-0.39, 0.29) is 21.5 Å². The largest absolute Gasteiger partial charge is 0.454 e. The van der Waals surface area contributed by atoms with Crippen LogP contribution < -0.4 is 4.74 Å². The van der Waals surface area contributed by atoms with Crippen molar-refractivity contribution in [2.24, 2.45) is 17.3 Å². The number of allylic oxidation sites excluding steroid dienone is 1. The number of rotatable bonds is 7. The Morgan fingerprint density at radius 2 is 1.85 bits per heavy atom. The van der Waals surface area contributed by atoms with E-state index in [0.29, 0.717) is 11.3 Å². The van der Waals surface area contributed by atoms with Crippen LogP contribution in [0.2, 0.25) is 0 Å². The van der Waals surface area contributed by atoms with Crippen LogP contribution in [-0.4, -0.2) is 15.8 Å². The summed E-state index contributed by atoms with van der Waals surface area (Å²) in [5.74, 6) is -1.40. The Hall–Kier alpha value is -3.11. The summed E-state index contributed by atoms with van der Waals surface area (Å²) < 4.78 is 25.2. The molecule has 1 saturated carbocycles. The summed E-state index contributed by atoms with van der Waals surface area (Å²) >= 11 is 1.22. The molecular formula is C27H28FNO4S. The van der Waals surface area contributed by atoms with E-state index in [1.165, 1.54) is 36.0 Å². The van der Waals surface area contributed by atoms with E-state index >= 15 is 0 Å². The number of nitrogens with zero attached hydrogens (tertiary/aromatic N) is 1. The van der Waals surface area contributed by atoms with Crippen LogP contribution >= 0.6 is 11.8 Å². The second-order valence-corrected chi connectivity index (χ2v) is 11.6. The minimum atomic E-state index is -1.22. The van der Waals surface area contributed by atoms with Crippen molar-refractivity contribution in [1.82, 2.24) is 0 Å². The fraction of sp³-hybridized carbons (Fsp3) is 0.370. The summed E-state index contributed by atoms with van der Waals surface area (Å²) in [6.07, 6.45) is 2.04. The van der Waals surface area contributed by atoms with Crippen molar-refractivity contribution in [3.8, 4) is 17.6 Å². The first-order valence-corrected chi connectivity index (χ1v) is 11.8. The summed E-state index contributed by atoms with van der Waals surface area (Å²) in [6.45, 7) is 9.70. The number of para-hydroxylation sites is 1. The number of benzene rings is 2. The Balaban J connectivity index is 1.70. The van der Waals surface area contributed by atoms with Crippen molar-refractivity contribution in [2.75, 3.05) is 0 Å². The van der Waals surface area contributed by atoms with Gasteiger partial charge in [0.05, 0.1) is 5.92 Å². The fourth-order valence-electron chi connectivity index (χ4n) is 3.74. The van der Waals surface area contributed by atoms with Gasteiger partial charge in [0.15, 0.2) is 11.6 Å². The fourth-order valence-corrected chi connectivity index (χ4v) is 4.49. The summed E-state index contributed by atoms with van der Waals surface area (Å²) in [6, 6.07) is 14.6. The molecule has 3 rings (SSSR count). The van der Waals surface area contributed by atoms with E-state index in [1.807, 2.05) is 46.8 Å². The summed E-state index contributed by atoms with van der Waals surface area (Å²) in [5, 5.41) is 9.56. The van der Waals surface area contributed by atoms with E-state index < -0.39 is 29.2 Å². The first-order chi connectivity index (χ1) is 15.9. The van der Waals surface area contributed by atoms with Gasteiger partial charge in [-0.05, 0) is 41.7 Å². The van der Waals surface area contributed by atoms with Gasteiger partial charge in [0.2, 0.25) is 11.2 Å². The molecule has 1 unspecified atom stereocenters. The van der Waals surface area contributed by atoms with E-state index in [2.05, 4.69) is 0 Å². The van der Waals surface area contributed by atoms with Gasteiger partial charge in [-0.2, -0.15) is 5.26 Å². The molecule has 0 saturated heterocycles. The maximum absolute atomic E-state index is 14.3. The topological polar surface area (TPSA) is 76.4 Å². The number of hydrogen-bond acceptors (Lipinski definition) is 6. The van der Waals surface area contributed by atoms with Gasteiger partial charge >= 0.3 is 5.97 Å². The highest BCUT2D eigenvalue weighted by atomic mass is 32.2. The van der Waals surface area contributed by atoms with E-state index in [1.54, 1.807) is 30.3 Å². The second-order valence-electron chi connectivity index (χ2n) is 9.77. The molecule has 0 bridgehead atoms. The van der Waals surface area contributed by atoms with Crippen LogP contribution in [-0.2, 0) is 14.3 Å². The SMILES string of the molecule is CC(C)(C)SC(=O)C=C[C@H]1[C@@H](C(=O)OC(C#N)c2ccc(F)c(Oc3ccccc3)c2)C1(C)C. The molecule has 0 N–H and O–H groups in total. The highest BCUT2D eigenvalue weighted by Gasteiger charge is 2.61. The molecule has 0 amide bonds. The van der Waals surface area contributed by atoms with Gasteiger partial charge in [-0.3, -0.25) is 9.59 Å². The smallest absolute Gasteiger partial charge is 0.311 e. The van der Waals surface area contributed by atoms with Crippen molar-refractivity contribution in [1.29, 1.82) is 5.26 Å². The highest BCUT2D eigenvalue weighted by Crippen LogP contribution is 2.59. The van der Waals surface area contributed by atoms with E-state index in [4.69, 9.17) is 9.47 Å². The van der Waals surface area contributed by atoms with Crippen molar-refractivity contribution in [3.63, 3.8) is 0 Å². The second kappa shape index (κ2) is 10.0. The summed E-state index contributed by atoms with van der Waals surface area (Å²) in [7, 11) is 0. The Labute approximate surface area is 203 Å². The lowest BCUT2D eigenvalue weighted by Gasteiger charge is -2.14. The summed E-state index contributed by atoms with van der Waals surface area (Å²) in [4.78, 5) is 25.0. The van der Waals surface area contributed by atoms with Crippen LogP contribution in [0.3, 0.4) is 0 Å². The maximum Gasteiger partial charge on any atom is 0.311 e. The Morgan fingerprint density at radius 3 is 2.47 bits per heavy atom. The van der Waals surface area contributed by atoms with Crippen LogP contribution in [0.4, 0.5) is 4.39 Å². The van der Waals surface area contributed by atoms with Crippen LogP contribution in [0.5, 0.6) is 11.5 Å². The molecule has 2 aromatic carbocycles. The van der Waals surface area contributed by atoms with Crippen LogP contribution in [0.15, 0.2) is 60.7 Å². The molecule has 2 aromatic rings. The minimum Gasteiger partial charge on any atom is -0.454 e. The van der Waals surface area contributed by atoms with Gasteiger partial charge in [-0.1, -0.05) is 76.7 Å². The summed E-state index contributed by atoms with van der Waals surface area (Å²) in [5.41, 5.74) is -0.0875. The molecule has 0 heterocycles. The van der Waals surface area contributed by atoms with Gasteiger partial charge < -0.3 is 9.47 Å². The molecule has 0 aromatic heterocycles. The van der Waals surface area contributed by atoms with Crippen LogP contribution in [0.1, 0.15) is 46.3 Å². The molecular weight excluding hydrogens is 453 g/mol. The van der Waals surface area contributed by atoms with E-state index in [9.17, 15) is 19.2 Å². The number of hydrogen-bond donors (Lipinski definition) is 0. The third-order valence-electron chi connectivity index (χ3n) is 5.59. The zero-order valence-corrected chi connectivity index (χ0v) is 20.7. The zero-order chi connectivity index (χ0) is 25.1. The van der Waals surface area contributed by atoms with Crippen molar-refractivity contribution in [2.45, 2.75) is 45.5 Å². The molecule has 0 radical (unpaired) electrons. The Kier molecular flexibility index (Phi) is 7.52. The van der Waals surface area contributed by atoms with Gasteiger partial charge in [0.25, 0.3) is 0 Å². The van der Waals surface area contributed by atoms with Gasteiger partial charge in [-0.15, -0.1) is 0 Å². The number of thioether (sulfide) groups is 1. The average Bonchev–Trinajstić information content (AvgIpc) is 3.32. The first-order valence-electron chi connectivity index (χ1n) is 11.0. The molecule has 34 heavy (non-hydrogen) atoms. The molecule has 178 valence electrons. The molecule has 1 fully saturated rings. The first kappa shape index (κ1) is 25.5. The molecule has 7 heteroatoms. The predicted molar refractivity (Wildman–Crippen MR) is 130 cm³/mol. The highest BCUT2D eigenvalue weighted by molar-refractivity contribution is 8.15. The van der Waals surface area contributed by atoms with Crippen molar-refractivity contribution < 1.29 is 23.5 Å². The number of ether oxygens (including phenoxy) is 2. The van der Waals surface area contributed by atoms with E-state index in [0.717, 1.165) is 0 Å². The number of esters is 1. The quantitative estimate of drug-likeness (QED) is 0.327. The van der Waals surface area contributed by atoms with Crippen LogP contribution in [0, 0.1) is 34.4 Å². The molecule has 5 nitrogen and oxygen atoms in total. The Morgan fingerprint density at radius 1 is 1.18 bits per heavy atom. The molecule has 0 aliphatic heterocycles. The van der Waals surface area contributed by atoms with Gasteiger partial charge in [0.1, 0.15) is 11.8 Å². The lowest BCUT2D eigenvalue weighted by molar-refractivity contribution is -0.149. The monoisotopic (exact) mass is 481 g/mol. The zero-order valence-electron chi connectivity index (χ0n) is 19.9. The maximum atomic E-state index is 14.3. The number of nitriles is 1. The normalized spacial score (nSPS) is 19.8. The lowest BCUT2D eigenvalue weighted by atomic mass is 10.1.